The molecule has 1 atom stereocenters. The molecule has 1 rings (SSSR count). The van der Waals surface area contributed by atoms with Gasteiger partial charge >= 0.3 is 0 Å². The van der Waals surface area contributed by atoms with E-state index in [0.717, 1.165) is 30.5 Å². The second-order valence-corrected chi connectivity index (χ2v) is 3.72. The summed E-state index contributed by atoms with van der Waals surface area (Å²) in [6.45, 7) is 7.40. The molecule has 0 heterocycles. The van der Waals surface area contributed by atoms with E-state index in [1.807, 2.05) is 24.3 Å². The molecule has 0 bridgehead atoms. The van der Waals surface area contributed by atoms with Crippen molar-refractivity contribution >= 4 is 12.0 Å². The standard InChI is InChI=1S/C13H19NO/c1-4-11(3)14(5-2)13-9-7-6-8-12(13)10-15/h6-11H,4-5H2,1-3H3. The lowest BCUT2D eigenvalue weighted by Gasteiger charge is -2.30. The summed E-state index contributed by atoms with van der Waals surface area (Å²) < 4.78 is 0. The first-order valence-corrected chi connectivity index (χ1v) is 5.55. The summed E-state index contributed by atoms with van der Waals surface area (Å²) in [7, 11) is 0. The number of rotatable bonds is 5. The molecule has 0 spiro atoms. The Morgan fingerprint density at radius 1 is 1.33 bits per heavy atom. The van der Waals surface area contributed by atoms with Crippen LogP contribution in [0, 0.1) is 0 Å². The van der Waals surface area contributed by atoms with E-state index in [1.165, 1.54) is 0 Å². The maximum atomic E-state index is 10.9. The second-order valence-electron chi connectivity index (χ2n) is 3.72. The van der Waals surface area contributed by atoms with Gasteiger partial charge in [-0.25, -0.2) is 0 Å². The quantitative estimate of drug-likeness (QED) is 0.688. The summed E-state index contributed by atoms with van der Waals surface area (Å²) in [5, 5.41) is 0. The fourth-order valence-electron chi connectivity index (χ4n) is 1.79. The van der Waals surface area contributed by atoms with Crippen LogP contribution < -0.4 is 4.90 Å². The zero-order valence-corrected chi connectivity index (χ0v) is 9.73. The van der Waals surface area contributed by atoms with Crippen molar-refractivity contribution < 1.29 is 4.79 Å². The molecule has 15 heavy (non-hydrogen) atoms. The van der Waals surface area contributed by atoms with E-state index in [4.69, 9.17) is 0 Å². The average molecular weight is 205 g/mol. The van der Waals surface area contributed by atoms with Crippen molar-refractivity contribution in [2.45, 2.75) is 33.2 Å². The average Bonchev–Trinajstić information content (AvgIpc) is 2.30. The molecule has 0 fully saturated rings. The molecule has 0 N–H and O–H groups in total. The molecule has 0 amide bonds. The monoisotopic (exact) mass is 205 g/mol. The molecule has 0 aromatic heterocycles. The Bertz CT molecular complexity index is 322. The minimum atomic E-state index is 0.469. The van der Waals surface area contributed by atoms with Crippen LogP contribution in [0.3, 0.4) is 0 Å². The molecule has 1 unspecified atom stereocenters. The van der Waals surface area contributed by atoms with Gasteiger partial charge in [0.25, 0.3) is 0 Å². The first-order chi connectivity index (χ1) is 7.24. The number of aldehydes is 1. The number of para-hydroxylation sites is 1. The normalized spacial score (nSPS) is 12.2. The largest absolute Gasteiger partial charge is 0.369 e. The number of hydrogen-bond donors (Lipinski definition) is 0. The molecule has 82 valence electrons. The van der Waals surface area contributed by atoms with Gasteiger partial charge in [0, 0.05) is 23.8 Å². The highest BCUT2D eigenvalue weighted by atomic mass is 16.1. The van der Waals surface area contributed by atoms with Crippen molar-refractivity contribution in [1.29, 1.82) is 0 Å². The number of nitrogens with zero attached hydrogens (tertiary/aromatic N) is 1. The molecule has 1 aromatic rings. The molecule has 0 aliphatic carbocycles. The fourth-order valence-corrected chi connectivity index (χ4v) is 1.79. The highest BCUT2D eigenvalue weighted by Gasteiger charge is 2.13. The van der Waals surface area contributed by atoms with Crippen molar-refractivity contribution in [1.82, 2.24) is 0 Å². The van der Waals surface area contributed by atoms with Gasteiger partial charge in [-0.3, -0.25) is 4.79 Å². The van der Waals surface area contributed by atoms with E-state index in [2.05, 4.69) is 25.7 Å². The molecule has 2 heteroatoms. The Hall–Kier alpha value is -1.31. The predicted octanol–water partition coefficient (Wildman–Crippen LogP) is 3.12. The Balaban J connectivity index is 3.05. The van der Waals surface area contributed by atoms with Crippen LogP contribution in [0.15, 0.2) is 24.3 Å². The SMILES string of the molecule is CCC(C)N(CC)c1ccccc1C=O. The van der Waals surface area contributed by atoms with Crippen LogP contribution in [0.5, 0.6) is 0 Å². The summed E-state index contributed by atoms with van der Waals surface area (Å²) >= 11 is 0. The summed E-state index contributed by atoms with van der Waals surface area (Å²) in [4.78, 5) is 13.2. The van der Waals surface area contributed by atoms with E-state index < -0.39 is 0 Å². The lowest BCUT2D eigenvalue weighted by Crippen LogP contribution is -2.32. The number of hydrogen-bond acceptors (Lipinski definition) is 2. The summed E-state index contributed by atoms with van der Waals surface area (Å²) in [5.41, 5.74) is 1.82. The summed E-state index contributed by atoms with van der Waals surface area (Å²) in [6.07, 6.45) is 2.02. The number of anilines is 1. The number of carbonyl (C=O) groups excluding carboxylic acids is 1. The molecule has 0 saturated heterocycles. The highest BCUT2D eigenvalue weighted by Crippen LogP contribution is 2.21. The number of benzene rings is 1. The Morgan fingerprint density at radius 3 is 2.53 bits per heavy atom. The van der Waals surface area contributed by atoms with Gasteiger partial charge in [-0.2, -0.15) is 0 Å². The molecule has 0 aliphatic heterocycles. The van der Waals surface area contributed by atoms with E-state index in [1.54, 1.807) is 0 Å². The van der Waals surface area contributed by atoms with Crippen LogP contribution in [0.2, 0.25) is 0 Å². The van der Waals surface area contributed by atoms with Crippen molar-refractivity contribution in [3.8, 4) is 0 Å². The maximum absolute atomic E-state index is 10.9. The van der Waals surface area contributed by atoms with E-state index in [9.17, 15) is 4.79 Å². The smallest absolute Gasteiger partial charge is 0.152 e. The van der Waals surface area contributed by atoms with E-state index in [0.29, 0.717) is 6.04 Å². The topological polar surface area (TPSA) is 20.3 Å². The van der Waals surface area contributed by atoms with Crippen LogP contribution in [0.1, 0.15) is 37.6 Å². The lowest BCUT2D eigenvalue weighted by molar-refractivity contribution is 0.112. The molecule has 0 aliphatic rings. The highest BCUT2D eigenvalue weighted by molar-refractivity contribution is 5.84. The van der Waals surface area contributed by atoms with Crippen LogP contribution in [-0.4, -0.2) is 18.9 Å². The van der Waals surface area contributed by atoms with Gasteiger partial charge in [0.2, 0.25) is 0 Å². The third-order valence-corrected chi connectivity index (χ3v) is 2.84. The minimum Gasteiger partial charge on any atom is -0.369 e. The van der Waals surface area contributed by atoms with Gasteiger partial charge in [-0.1, -0.05) is 19.1 Å². The molecule has 0 radical (unpaired) electrons. The third kappa shape index (κ3) is 2.58. The maximum Gasteiger partial charge on any atom is 0.152 e. The molecule has 1 aromatic carbocycles. The van der Waals surface area contributed by atoms with E-state index >= 15 is 0 Å². The van der Waals surface area contributed by atoms with Crippen LogP contribution in [0.4, 0.5) is 5.69 Å². The first kappa shape index (κ1) is 11.8. The minimum absolute atomic E-state index is 0.469. The Morgan fingerprint density at radius 2 is 2.00 bits per heavy atom. The van der Waals surface area contributed by atoms with Gasteiger partial charge in [0.1, 0.15) is 0 Å². The first-order valence-electron chi connectivity index (χ1n) is 5.55. The van der Waals surface area contributed by atoms with Crippen LogP contribution in [0.25, 0.3) is 0 Å². The van der Waals surface area contributed by atoms with Gasteiger partial charge in [0.15, 0.2) is 6.29 Å². The summed E-state index contributed by atoms with van der Waals surface area (Å²) in [5.74, 6) is 0. The van der Waals surface area contributed by atoms with E-state index in [-0.39, 0.29) is 0 Å². The Labute approximate surface area is 91.9 Å². The second kappa shape index (κ2) is 5.54. The van der Waals surface area contributed by atoms with Gasteiger partial charge in [-0.15, -0.1) is 0 Å². The predicted molar refractivity (Wildman–Crippen MR) is 64.6 cm³/mol. The molecule has 2 nitrogen and oxygen atoms in total. The van der Waals surface area contributed by atoms with Crippen LogP contribution in [-0.2, 0) is 0 Å². The van der Waals surface area contributed by atoms with Crippen molar-refractivity contribution in [3.63, 3.8) is 0 Å². The molecular formula is C13H19NO. The fraction of sp³-hybridized carbons (Fsp3) is 0.462. The lowest BCUT2D eigenvalue weighted by atomic mass is 10.1. The number of carbonyl (C=O) groups is 1. The van der Waals surface area contributed by atoms with Gasteiger partial charge in [0.05, 0.1) is 0 Å². The molecular weight excluding hydrogens is 186 g/mol. The van der Waals surface area contributed by atoms with Crippen molar-refractivity contribution in [3.05, 3.63) is 29.8 Å². The van der Waals surface area contributed by atoms with Crippen molar-refractivity contribution in [2.75, 3.05) is 11.4 Å². The summed E-state index contributed by atoms with van der Waals surface area (Å²) in [6, 6.07) is 8.23. The van der Waals surface area contributed by atoms with Crippen LogP contribution >= 0.6 is 0 Å². The Kier molecular flexibility index (Phi) is 4.35. The zero-order valence-electron chi connectivity index (χ0n) is 9.73. The van der Waals surface area contributed by atoms with Gasteiger partial charge in [-0.05, 0) is 32.4 Å². The van der Waals surface area contributed by atoms with Gasteiger partial charge < -0.3 is 4.90 Å². The third-order valence-electron chi connectivity index (χ3n) is 2.84. The zero-order chi connectivity index (χ0) is 11.3. The molecule has 0 saturated carbocycles. The van der Waals surface area contributed by atoms with Crippen molar-refractivity contribution in [2.24, 2.45) is 0 Å².